The monoisotopic (exact) mass is 381 g/mol. The summed E-state index contributed by atoms with van der Waals surface area (Å²) in [7, 11) is 0. The van der Waals surface area contributed by atoms with Crippen molar-refractivity contribution in [1.82, 2.24) is 0 Å². The number of halogens is 1. The highest BCUT2D eigenvalue weighted by atomic mass is 35.5. The smallest absolute Gasteiger partial charge is 0.255 e. The fourth-order valence-electron chi connectivity index (χ4n) is 2.32. The van der Waals surface area contributed by atoms with E-state index >= 15 is 0 Å². The third-order valence-electron chi connectivity index (χ3n) is 3.66. The van der Waals surface area contributed by atoms with Gasteiger partial charge in [0.2, 0.25) is 0 Å². The second-order valence-corrected chi connectivity index (χ2v) is 7.05. The molecule has 0 saturated carbocycles. The molecule has 130 valence electrons. The molecule has 0 aliphatic heterocycles. The van der Waals surface area contributed by atoms with E-state index in [0.29, 0.717) is 27.6 Å². The summed E-state index contributed by atoms with van der Waals surface area (Å²) < 4.78 is 0. The molecule has 3 aromatic carbocycles. The maximum absolute atomic E-state index is 12.2. The number of thioether (sulfide) groups is 1. The van der Waals surface area contributed by atoms with Crippen LogP contribution in [0.15, 0.2) is 83.8 Å². The normalized spacial score (nSPS) is 10.3. The molecule has 3 aromatic rings. The van der Waals surface area contributed by atoms with Crippen LogP contribution in [0.2, 0.25) is 5.02 Å². The number of rotatable bonds is 6. The van der Waals surface area contributed by atoms with Crippen LogP contribution in [0, 0.1) is 0 Å². The quantitative estimate of drug-likeness (QED) is 0.448. The molecule has 0 aliphatic rings. The molecule has 1 N–H and O–H groups in total. The van der Waals surface area contributed by atoms with Gasteiger partial charge in [-0.1, -0.05) is 48.0 Å². The summed E-state index contributed by atoms with van der Waals surface area (Å²) in [4.78, 5) is 25.3. The summed E-state index contributed by atoms with van der Waals surface area (Å²) in [5.41, 5.74) is 1.91. The maximum Gasteiger partial charge on any atom is 0.255 e. The van der Waals surface area contributed by atoms with Crippen LogP contribution in [0.25, 0.3) is 0 Å². The zero-order valence-electron chi connectivity index (χ0n) is 13.8. The fourth-order valence-corrected chi connectivity index (χ4v) is 3.31. The van der Waals surface area contributed by atoms with Crippen molar-refractivity contribution in [2.75, 3.05) is 11.1 Å². The topological polar surface area (TPSA) is 46.2 Å². The van der Waals surface area contributed by atoms with Gasteiger partial charge in [-0.3, -0.25) is 9.59 Å². The number of ketones is 1. The Morgan fingerprint density at radius 1 is 0.846 bits per heavy atom. The van der Waals surface area contributed by atoms with Crippen LogP contribution < -0.4 is 5.32 Å². The van der Waals surface area contributed by atoms with Crippen molar-refractivity contribution in [1.29, 1.82) is 0 Å². The molecule has 0 heterocycles. The van der Waals surface area contributed by atoms with Gasteiger partial charge in [-0.05, 0) is 42.5 Å². The first-order valence-electron chi connectivity index (χ1n) is 8.00. The van der Waals surface area contributed by atoms with Crippen molar-refractivity contribution < 1.29 is 9.59 Å². The molecule has 3 nitrogen and oxygen atoms in total. The van der Waals surface area contributed by atoms with Crippen molar-refractivity contribution in [3.8, 4) is 0 Å². The Morgan fingerprint density at radius 2 is 1.54 bits per heavy atom. The van der Waals surface area contributed by atoms with Crippen LogP contribution in [0.4, 0.5) is 5.69 Å². The number of hydrogen-bond donors (Lipinski definition) is 1. The van der Waals surface area contributed by atoms with Gasteiger partial charge >= 0.3 is 0 Å². The van der Waals surface area contributed by atoms with Gasteiger partial charge < -0.3 is 5.32 Å². The van der Waals surface area contributed by atoms with Gasteiger partial charge in [0.25, 0.3) is 5.91 Å². The number of carbonyl (C=O) groups excluding carboxylic acids is 2. The summed E-state index contributed by atoms with van der Waals surface area (Å²) in [5, 5.41) is 3.35. The fraction of sp³-hybridized carbons (Fsp3) is 0.0476. The Labute approximate surface area is 161 Å². The average Bonchev–Trinajstić information content (AvgIpc) is 2.68. The van der Waals surface area contributed by atoms with Gasteiger partial charge in [-0.2, -0.15) is 0 Å². The van der Waals surface area contributed by atoms with Crippen molar-refractivity contribution >= 4 is 40.7 Å². The lowest BCUT2D eigenvalue weighted by Gasteiger charge is -2.07. The Bertz CT molecular complexity index is 911. The van der Waals surface area contributed by atoms with E-state index in [0.717, 1.165) is 4.90 Å². The first kappa shape index (κ1) is 18.2. The lowest BCUT2D eigenvalue weighted by molar-refractivity contribution is 0.101. The first-order valence-corrected chi connectivity index (χ1v) is 9.36. The molecule has 1 amide bonds. The van der Waals surface area contributed by atoms with Gasteiger partial charge in [-0.25, -0.2) is 0 Å². The largest absolute Gasteiger partial charge is 0.322 e. The van der Waals surface area contributed by atoms with Crippen molar-refractivity contribution in [3.05, 3.63) is 95.0 Å². The van der Waals surface area contributed by atoms with Crippen LogP contribution in [0.3, 0.4) is 0 Å². The van der Waals surface area contributed by atoms with Gasteiger partial charge in [0, 0.05) is 26.7 Å². The summed E-state index contributed by atoms with van der Waals surface area (Å²) in [6.45, 7) is 0. The zero-order valence-corrected chi connectivity index (χ0v) is 15.4. The third kappa shape index (κ3) is 4.97. The maximum atomic E-state index is 12.2. The number of carbonyl (C=O) groups is 2. The van der Waals surface area contributed by atoms with Crippen molar-refractivity contribution in [3.63, 3.8) is 0 Å². The lowest BCUT2D eigenvalue weighted by atomic mass is 10.2. The van der Waals surface area contributed by atoms with Crippen LogP contribution >= 0.6 is 23.4 Å². The minimum atomic E-state index is -0.216. The van der Waals surface area contributed by atoms with E-state index in [1.807, 2.05) is 54.6 Å². The highest BCUT2D eigenvalue weighted by Gasteiger charge is 2.08. The Morgan fingerprint density at radius 3 is 2.23 bits per heavy atom. The summed E-state index contributed by atoms with van der Waals surface area (Å²) in [6.07, 6.45) is 0. The second kappa shape index (κ2) is 8.70. The minimum absolute atomic E-state index is 0.0916. The molecule has 0 fully saturated rings. The van der Waals surface area contributed by atoms with E-state index in [4.69, 9.17) is 11.6 Å². The molecule has 0 atom stereocenters. The van der Waals surface area contributed by atoms with Gasteiger partial charge in [-0.15, -0.1) is 11.8 Å². The number of amides is 1. The van der Waals surface area contributed by atoms with Crippen LogP contribution in [0.5, 0.6) is 0 Å². The summed E-state index contributed by atoms with van der Waals surface area (Å²) >= 11 is 7.38. The molecule has 0 bridgehead atoms. The van der Waals surface area contributed by atoms with E-state index in [1.54, 1.807) is 24.3 Å². The SMILES string of the molecule is O=C(CSc1ccc(NC(=O)c2cccc(Cl)c2)cc1)c1ccccc1. The molecule has 0 radical (unpaired) electrons. The van der Waals surface area contributed by atoms with E-state index in [2.05, 4.69) is 5.32 Å². The molecule has 26 heavy (non-hydrogen) atoms. The Balaban J connectivity index is 1.56. The van der Waals surface area contributed by atoms with Crippen LogP contribution in [0.1, 0.15) is 20.7 Å². The second-order valence-electron chi connectivity index (χ2n) is 5.57. The van der Waals surface area contributed by atoms with Gasteiger partial charge in [0.15, 0.2) is 5.78 Å². The molecule has 3 rings (SSSR count). The lowest BCUT2D eigenvalue weighted by Crippen LogP contribution is -2.11. The third-order valence-corrected chi connectivity index (χ3v) is 4.91. The molecular weight excluding hydrogens is 366 g/mol. The summed E-state index contributed by atoms with van der Waals surface area (Å²) in [5.74, 6) is 0.249. The molecule has 0 aromatic heterocycles. The number of anilines is 1. The van der Waals surface area contributed by atoms with Gasteiger partial charge in [0.1, 0.15) is 0 Å². The van der Waals surface area contributed by atoms with E-state index in [9.17, 15) is 9.59 Å². The van der Waals surface area contributed by atoms with E-state index in [-0.39, 0.29) is 11.7 Å². The summed E-state index contributed by atoms with van der Waals surface area (Å²) in [6, 6.07) is 23.4. The number of nitrogens with one attached hydrogen (secondary N) is 1. The minimum Gasteiger partial charge on any atom is -0.322 e. The standard InChI is InChI=1S/C21H16ClNO2S/c22-17-8-4-7-16(13-17)21(25)23-18-9-11-19(12-10-18)26-14-20(24)15-5-2-1-3-6-15/h1-13H,14H2,(H,23,25). The molecule has 0 unspecified atom stereocenters. The highest BCUT2D eigenvalue weighted by molar-refractivity contribution is 8.00. The number of hydrogen-bond acceptors (Lipinski definition) is 3. The molecule has 5 heteroatoms. The molecule has 0 saturated heterocycles. The van der Waals surface area contributed by atoms with Crippen LogP contribution in [-0.2, 0) is 0 Å². The first-order chi connectivity index (χ1) is 12.6. The van der Waals surface area contributed by atoms with Gasteiger partial charge in [0.05, 0.1) is 5.75 Å². The average molecular weight is 382 g/mol. The van der Waals surface area contributed by atoms with E-state index in [1.165, 1.54) is 11.8 Å². The Kier molecular flexibility index (Phi) is 6.10. The van der Waals surface area contributed by atoms with Crippen molar-refractivity contribution in [2.24, 2.45) is 0 Å². The predicted octanol–water partition coefficient (Wildman–Crippen LogP) is 5.57. The Hall–Kier alpha value is -2.56. The number of benzene rings is 3. The highest BCUT2D eigenvalue weighted by Crippen LogP contribution is 2.22. The molecule has 0 spiro atoms. The van der Waals surface area contributed by atoms with E-state index < -0.39 is 0 Å². The predicted molar refractivity (Wildman–Crippen MR) is 107 cm³/mol. The zero-order chi connectivity index (χ0) is 18.4. The number of Topliss-reactive ketones (excluding diaryl/α,β-unsaturated/α-hetero) is 1. The molecule has 0 aliphatic carbocycles. The molecular formula is C21H16ClNO2S. The van der Waals surface area contributed by atoms with Crippen molar-refractivity contribution in [2.45, 2.75) is 4.90 Å². The van der Waals surface area contributed by atoms with Crippen LogP contribution in [-0.4, -0.2) is 17.4 Å².